The van der Waals surface area contributed by atoms with E-state index in [0.29, 0.717) is 29.1 Å². The van der Waals surface area contributed by atoms with Crippen LogP contribution < -0.4 is 5.46 Å². The van der Waals surface area contributed by atoms with Gasteiger partial charge in [0.1, 0.15) is 0 Å². The van der Waals surface area contributed by atoms with Gasteiger partial charge in [-0.05, 0) is 192 Å². The number of fused-ring (bicyclic) bond motifs is 12. The first-order valence-electron chi connectivity index (χ1n) is 45.6. The minimum Gasteiger partial charge on any atom is -0.399 e. The van der Waals surface area contributed by atoms with Gasteiger partial charge in [0.25, 0.3) is 0 Å². The van der Waals surface area contributed by atoms with Crippen LogP contribution in [-0.2, 0) is 20.1 Å². The maximum absolute atomic E-state index is 6.61. The summed E-state index contributed by atoms with van der Waals surface area (Å²) in [4.78, 5) is 30.1. The highest BCUT2D eigenvalue weighted by Gasteiger charge is 2.53. The fourth-order valence-electron chi connectivity index (χ4n) is 20.0. The van der Waals surface area contributed by atoms with Gasteiger partial charge in [0, 0.05) is 68.2 Å². The average molecular weight is 1930 g/mol. The molecule has 137 heavy (non-hydrogen) atoms. The summed E-state index contributed by atoms with van der Waals surface area (Å²) in [7, 11) is -0.317. The van der Waals surface area contributed by atoms with Crippen molar-refractivity contribution >= 4 is 115 Å². The van der Waals surface area contributed by atoms with Crippen molar-refractivity contribution in [1.82, 2.24) is 29.9 Å². The molecule has 18 aromatic carbocycles. The predicted molar refractivity (Wildman–Crippen MR) is 583 cm³/mol. The van der Waals surface area contributed by atoms with Gasteiger partial charge in [0.2, 0.25) is 5.28 Å². The summed E-state index contributed by atoms with van der Waals surface area (Å²) in [6.07, 6.45) is 0. The van der Waals surface area contributed by atoms with Crippen LogP contribution in [0.3, 0.4) is 0 Å². The van der Waals surface area contributed by atoms with Gasteiger partial charge < -0.3 is 9.31 Å². The Kier molecular flexibility index (Phi) is 24.5. The first-order chi connectivity index (χ1) is 66.8. The predicted octanol–water partition coefficient (Wildman–Crippen LogP) is 32.0. The molecule has 1 fully saturated rings. The van der Waals surface area contributed by atoms with Crippen LogP contribution in [0.15, 0.2) is 449 Å². The van der Waals surface area contributed by atoms with Crippen molar-refractivity contribution in [1.29, 1.82) is 0 Å². The molecule has 3 aliphatic rings. The molecule has 1 saturated heterocycles. The molecule has 2 radical (unpaired) electrons. The van der Waals surface area contributed by atoms with E-state index >= 15 is 0 Å². The molecule has 2 aliphatic carbocycles. The summed E-state index contributed by atoms with van der Waals surface area (Å²) >= 11 is 12.0. The minimum absolute atomic E-state index is 0. The summed E-state index contributed by atoms with van der Waals surface area (Å²) in [5, 5.41) is 5.41. The smallest absolute Gasteiger partial charge is 0.399 e. The highest BCUT2D eigenvalue weighted by atomic mass is 127. The number of hydrogen-bond donors (Lipinski definition) is 0. The lowest BCUT2D eigenvalue weighted by molar-refractivity contribution is 0.00578. The Morgan fingerprint density at radius 3 is 0.898 bits per heavy atom. The van der Waals surface area contributed by atoms with Crippen LogP contribution >= 0.6 is 56.6 Å². The Hall–Kier alpha value is -14.5. The topological polar surface area (TPSA) is 95.8 Å². The maximum Gasteiger partial charge on any atom is 0.494 e. The Balaban J connectivity index is 0.000000130. The third kappa shape index (κ3) is 16.3. The number of aromatic nitrogens is 6. The van der Waals surface area contributed by atoms with Crippen molar-refractivity contribution < 1.29 is 9.31 Å². The summed E-state index contributed by atoms with van der Waals surface area (Å²) in [6, 6.07) is 160. The lowest BCUT2D eigenvalue weighted by Crippen LogP contribution is -2.41. The van der Waals surface area contributed by atoms with Gasteiger partial charge in [0.15, 0.2) is 34.8 Å². The molecule has 22 aromatic rings. The fourth-order valence-corrected chi connectivity index (χ4v) is 22.4. The number of rotatable bonds is 14. The first-order valence-corrected chi connectivity index (χ1v) is 48.9. The van der Waals surface area contributed by atoms with E-state index in [4.69, 9.17) is 40.8 Å². The lowest BCUT2D eigenvalue weighted by atomic mass is 9.67. The van der Waals surface area contributed by atoms with E-state index in [1.165, 1.54) is 113 Å². The van der Waals surface area contributed by atoms with Crippen molar-refractivity contribution in [3.05, 3.63) is 499 Å². The number of nitrogens with zero attached hydrogens (tertiary/aromatic N) is 6. The molecule has 0 amide bonds. The zero-order chi connectivity index (χ0) is 92.1. The van der Waals surface area contributed by atoms with Crippen molar-refractivity contribution in [3.8, 4) is 124 Å². The Morgan fingerprint density at radius 1 is 0.248 bits per heavy atom. The highest BCUT2D eigenvalue weighted by molar-refractivity contribution is 14.1. The van der Waals surface area contributed by atoms with Crippen LogP contribution in [0, 0.1) is 0 Å². The molecule has 14 heteroatoms. The van der Waals surface area contributed by atoms with E-state index in [1.54, 1.807) is 22.4 Å². The average Bonchev–Trinajstić information content (AvgIpc) is 1.54. The van der Waals surface area contributed by atoms with E-state index in [1.807, 2.05) is 59.1 Å². The molecule has 0 bridgehead atoms. The second-order valence-electron chi connectivity index (χ2n) is 35.4. The second kappa shape index (κ2) is 37.6. The van der Waals surface area contributed by atoms with Gasteiger partial charge in [-0.25, -0.2) is 19.9 Å². The van der Waals surface area contributed by atoms with Crippen LogP contribution in [0.25, 0.3) is 164 Å². The van der Waals surface area contributed by atoms with E-state index in [0.717, 1.165) is 72.2 Å². The quantitative estimate of drug-likeness (QED) is 0.0785. The van der Waals surface area contributed by atoms with Gasteiger partial charge in [0.05, 0.1) is 22.0 Å². The SMILES string of the molecule is C.CC1(C)OB(c2ccc(-c3ccc4sc5ccccc5c4c3)cc2)OC1(C)C.Clc1nc(-c2ccc(-c3ccccc3)cc2)nc(-c2cccc3c2-c2ccccc2C3(c2ccccc2)c2ccccc2)n1.[B]I.c1ccc(-c2ccc(-c3nc(-c4ccc(-c5ccc6sc7ccccc7c6c5)cc4)nc(-c4cccc5c4-c4ccccc4C5(c4ccccc4)c4ccccc4)n3)cc2)cc1. The normalized spacial score (nSPS) is 13.6. The second-order valence-corrected chi connectivity index (χ2v) is 37.9. The number of halogens is 2. The summed E-state index contributed by atoms with van der Waals surface area (Å²) in [5.74, 6) is 2.99. The molecular formula is C123H90B2ClIN6O2S2. The molecule has 0 N–H and O–H groups in total. The van der Waals surface area contributed by atoms with Crippen LogP contribution in [0.4, 0.5) is 0 Å². The van der Waals surface area contributed by atoms with E-state index in [2.05, 4.69) is 456 Å². The van der Waals surface area contributed by atoms with Crippen LogP contribution in [-0.4, -0.2) is 53.9 Å². The van der Waals surface area contributed by atoms with Gasteiger partial charge in [-0.3, -0.25) is 0 Å². The maximum atomic E-state index is 6.61. The van der Waals surface area contributed by atoms with Gasteiger partial charge in [-0.1, -0.05) is 420 Å². The highest BCUT2D eigenvalue weighted by Crippen LogP contribution is 2.60. The minimum atomic E-state index is -0.537. The first kappa shape index (κ1) is 89.0. The zero-order valence-corrected chi connectivity index (χ0v) is 79.5. The monoisotopic (exact) mass is 1930 g/mol. The van der Waals surface area contributed by atoms with Crippen LogP contribution in [0.5, 0.6) is 0 Å². The largest absolute Gasteiger partial charge is 0.494 e. The number of benzene rings is 18. The summed E-state index contributed by atoms with van der Waals surface area (Å²) < 4.78 is 17.6. The molecule has 0 saturated carbocycles. The van der Waals surface area contributed by atoms with Crippen molar-refractivity contribution in [2.24, 2.45) is 0 Å². The summed E-state index contributed by atoms with van der Waals surface area (Å²) in [6.45, 7) is 8.34. The Morgan fingerprint density at radius 2 is 0.511 bits per heavy atom. The molecule has 0 unspecified atom stereocenters. The lowest BCUT2D eigenvalue weighted by Gasteiger charge is -2.33. The standard InChI is InChI=1S/C58H37N3S.C40H26ClN3.C24H23BO2S.CH4.BI/c1-4-15-38(16-5-1)39-27-31-41(32-28-39)55-59-56(42-33-29-40(30-34-42)43-35-36-53-49(37-43)46-21-11-13-26-52(46)62-53)61-57(60-55)48-23-14-25-51-54(48)47-22-10-12-24-50(47)58(51,44-17-6-2-7-18-44)45-19-8-3-9-20-45;41-39-43-37(29-25-23-28(24-26-29)27-13-4-1-5-14-27)42-38(44-39)33-20-12-22-35-36(33)32-19-10-11-21-34(32)40(35,30-15-6-2-7-16-30)31-17-8-3-9-18-31;1-23(2)24(3,4)27-25(26-23)18-12-9-16(10-13-18)17-11-14-22-20(15-17)19-7-5-6-8-21(19)28-22;;1-2/h1-37H;1-26H;5-15H,1-4H3;1H4;. The number of hydrogen-bond acceptors (Lipinski definition) is 10. The third-order valence-electron chi connectivity index (χ3n) is 27.2. The van der Waals surface area contributed by atoms with Gasteiger partial charge in [-0.2, -0.15) is 32.3 Å². The van der Waals surface area contributed by atoms with E-state index in [-0.39, 0.29) is 31.0 Å². The molecule has 25 rings (SSSR count). The molecule has 8 nitrogen and oxygen atoms in total. The van der Waals surface area contributed by atoms with Crippen molar-refractivity contribution in [2.45, 2.75) is 57.2 Å². The van der Waals surface area contributed by atoms with Crippen LogP contribution in [0.1, 0.15) is 79.6 Å². The summed E-state index contributed by atoms with van der Waals surface area (Å²) in [5.41, 5.74) is 32.2. The fraction of sp³-hybridized carbons (Fsp3) is 0.0732. The van der Waals surface area contributed by atoms with Crippen molar-refractivity contribution in [3.63, 3.8) is 0 Å². The third-order valence-corrected chi connectivity index (χ3v) is 29.7. The van der Waals surface area contributed by atoms with E-state index < -0.39 is 10.8 Å². The number of thiophene rings is 2. The Labute approximate surface area is 827 Å². The molecule has 656 valence electrons. The Bertz CT molecular complexity index is 8090. The molecule has 0 spiro atoms. The molecule has 1 aliphatic heterocycles. The van der Waals surface area contributed by atoms with Crippen molar-refractivity contribution in [2.75, 3.05) is 0 Å². The zero-order valence-electron chi connectivity index (χ0n) is 75.0. The van der Waals surface area contributed by atoms with E-state index in [9.17, 15) is 0 Å². The molecule has 5 heterocycles. The molecule has 0 atom stereocenters. The van der Waals surface area contributed by atoms with Gasteiger partial charge in [-0.15, -0.1) is 22.7 Å². The van der Waals surface area contributed by atoms with Crippen LogP contribution in [0.2, 0.25) is 5.28 Å². The molecular weight excluding hydrogens is 1840 g/mol. The molecule has 4 aromatic heterocycles. The van der Waals surface area contributed by atoms with Gasteiger partial charge >= 0.3 is 7.12 Å².